The first-order chi connectivity index (χ1) is 15.8. The topological polar surface area (TPSA) is 71.3 Å². The number of methoxy groups -OCH3 is 1. The highest BCUT2D eigenvalue weighted by Gasteiger charge is 2.15. The van der Waals surface area contributed by atoms with E-state index in [9.17, 15) is 10.1 Å². The Morgan fingerprint density at radius 1 is 1.15 bits per heavy atom. The van der Waals surface area contributed by atoms with E-state index in [4.69, 9.17) is 32.7 Å². The van der Waals surface area contributed by atoms with Crippen molar-refractivity contribution in [3.05, 3.63) is 91.4 Å². The van der Waals surface area contributed by atoms with Crippen molar-refractivity contribution in [1.29, 1.82) is 5.26 Å². The Morgan fingerprint density at radius 3 is 2.55 bits per heavy atom. The number of aryl methyl sites for hydroxylation is 1. The van der Waals surface area contributed by atoms with E-state index in [0.29, 0.717) is 38.9 Å². The van der Waals surface area contributed by atoms with Gasteiger partial charge in [0, 0.05) is 4.47 Å². The van der Waals surface area contributed by atoms with Crippen molar-refractivity contribution in [3.63, 3.8) is 0 Å². The fourth-order valence-corrected chi connectivity index (χ4v) is 3.66. The largest absolute Gasteiger partial charge is 0.493 e. The Labute approximate surface area is 210 Å². The Morgan fingerprint density at radius 2 is 1.88 bits per heavy atom. The lowest BCUT2D eigenvalue weighted by molar-refractivity contribution is -0.112. The van der Waals surface area contributed by atoms with Crippen LogP contribution in [0.5, 0.6) is 11.5 Å². The number of halogens is 3. The average Bonchev–Trinajstić information content (AvgIpc) is 2.81. The van der Waals surface area contributed by atoms with Gasteiger partial charge in [0.1, 0.15) is 18.2 Å². The molecule has 1 N–H and O–H groups in total. The molecule has 0 aromatic heterocycles. The molecule has 0 fully saturated rings. The number of hydrogen-bond acceptors (Lipinski definition) is 4. The number of anilines is 1. The first-order valence-electron chi connectivity index (χ1n) is 9.75. The minimum Gasteiger partial charge on any atom is -0.493 e. The molecular formula is C25H19BrCl2N2O3. The number of carbonyl (C=O) groups is 1. The van der Waals surface area contributed by atoms with Gasteiger partial charge in [-0.2, -0.15) is 5.26 Å². The van der Waals surface area contributed by atoms with Gasteiger partial charge < -0.3 is 14.8 Å². The van der Waals surface area contributed by atoms with Crippen LogP contribution >= 0.6 is 39.1 Å². The summed E-state index contributed by atoms with van der Waals surface area (Å²) in [6, 6.07) is 18.2. The second-order valence-corrected chi connectivity index (χ2v) is 8.66. The Kier molecular flexibility index (Phi) is 8.40. The summed E-state index contributed by atoms with van der Waals surface area (Å²) in [7, 11) is 1.52. The third-order valence-corrected chi connectivity index (χ3v) is 6.17. The minimum absolute atomic E-state index is 0.123. The van der Waals surface area contributed by atoms with E-state index < -0.39 is 5.91 Å². The number of ether oxygens (including phenoxy) is 2. The van der Waals surface area contributed by atoms with Crippen molar-refractivity contribution < 1.29 is 14.3 Å². The zero-order valence-corrected chi connectivity index (χ0v) is 20.9. The number of nitrogens with zero attached hydrogens (tertiary/aromatic N) is 1. The normalized spacial score (nSPS) is 11.0. The summed E-state index contributed by atoms with van der Waals surface area (Å²) in [4.78, 5) is 12.7. The van der Waals surface area contributed by atoms with Gasteiger partial charge in [0.15, 0.2) is 11.5 Å². The molecule has 33 heavy (non-hydrogen) atoms. The minimum atomic E-state index is -0.618. The summed E-state index contributed by atoms with van der Waals surface area (Å²) in [6.07, 6.45) is 1.45. The smallest absolute Gasteiger partial charge is 0.266 e. The predicted octanol–water partition coefficient (Wildman–Crippen LogP) is 7.20. The van der Waals surface area contributed by atoms with Gasteiger partial charge in [-0.3, -0.25) is 4.79 Å². The van der Waals surface area contributed by atoms with Gasteiger partial charge in [0.25, 0.3) is 5.91 Å². The van der Waals surface area contributed by atoms with Gasteiger partial charge in [-0.05, 0) is 48.4 Å². The fourth-order valence-electron chi connectivity index (χ4n) is 2.87. The third-order valence-electron chi connectivity index (χ3n) is 4.66. The second-order valence-electron chi connectivity index (χ2n) is 7.02. The molecule has 0 heterocycles. The summed E-state index contributed by atoms with van der Waals surface area (Å²) < 4.78 is 12.0. The first kappa shape index (κ1) is 24.7. The van der Waals surface area contributed by atoms with Crippen LogP contribution in [0.2, 0.25) is 10.0 Å². The summed E-state index contributed by atoms with van der Waals surface area (Å²) >= 11 is 15.6. The lowest BCUT2D eigenvalue weighted by Crippen LogP contribution is -2.13. The molecule has 5 nitrogen and oxygen atoms in total. The maximum Gasteiger partial charge on any atom is 0.266 e. The van der Waals surface area contributed by atoms with Crippen LogP contribution < -0.4 is 14.8 Å². The highest BCUT2D eigenvalue weighted by Crippen LogP contribution is 2.35. The van der Waals surface area contributed by atoms with E-state index in [1.807, 2.05) is 37.3 Å². The van der Waals surface area contributed by atoms with Gasteiger partial charge in [-0.25, -0.2) is 0 Å². The van der Waals surface area contributed by atoms with Crippen molar-refractivity contribution in [3.8, 4) is 17.6 Å². The van der Waals surface area contributed by atoms with Crippen molar-refractivity contribution in [2.24, 2.45) is 0 Å². The highest BCUT2D eigenvalue weighted by atomic mass is 79.9. The van der Waals surface area contributed by atoms with Gasteiger partial charge in [-0.1, -0.05) is 75.0 Å². The van der Waals surface area contributed by atoms with Crippen LogP contribution in [0.1, 0.15) is 16.7 Å². The number of hydrogen-bond donors (Lipinski definition) is 1. The predicted molar refractivity (Wildman–Crippen MR) is 135 cm³/mol. The molecule has 0 bridgehead atoms. The SMILES string of the molecule is COc1cc(/C=C(/C#N)C(=O)Nc2cccc(Cl)c2Cl)c(Br)cc1OCc1ccc(C)cc1. The zero-order valence-electron chi connectivity index (χ0n) is 17.8. The molecule has 0 aliphatic carbocycles. The number of rotatable bonds is 7. The number of carbonyl (C=O) groups excluding carboxylic acids is 1. The molecule has 8 heteroatoms. The average molecular weight is 546 g/mol. The van der Waals surface area contributed by atoms with Crippen LogP contribution in [0.15, 0.2) is 64.6 Å². The van der Waals surface area contributed by atoms with Gasteiger partial charge >= 0.3 is 0 Å². The monoisotopic (exact) mass is 544 g/mol. The standard InChI is InChI=1S/C25H19BrCl2N2O3/c1-15-6-8-16(9-7-15)14-33-23-12-19(26)17(11-22(23)32-2)10-18(13-29)25(31)30-21-5-3-4-20(27)24(21)28/h3-12H,14H2,1-2H3,(H,30,31)/b18-10-. The maximum absolute atomic E-state index is 12.7. The lowest BCUT2D eigenvalue weighted by atomic mass is 10.1. The molecular weight excluding hydrogens is 527 g/mol. The number of nitrogens with one attached hydrogen (secondary N) is 1. The molecule has 0 unspecified atom stereocenters. The second kappa shape index (κ2) is 11.2. The molecule has 3 rings (SSSR count). The van der Waals surface area contributed by atoms with Crippen LogP contribution in [-0.2, 0) is 11.4 Å². The molecule has 3 aromatic carbocycles. The Hall–Kier alpha value is -2.98. The van der Waals surface area contributed by atoms with E-state index in [-0.39, 0.29) is 10.6 Å². The van der Waals surface area contributed by atoms with Gasteiger partial charge in [0.05, 0.1) is 22.8 Å². The van der Waals surface area contributed by atoms with Crippen LogP contribution in [0, 0.1) is 18.3 Å². The molecule has 3 aromatic rings. The maximum atomic E-state index is 12.7. The van der Waals surface area contributed by atoms with E-state index in [1.165, 1.54) is 18.7 Å². The number of nitriles is 1. The first-order valence-corrected chi connectivity index (χ1v) is 11.3. The van der Waals surface area contributed by atoms with Gasteiger partial charge in [-0.15, -0.1) is 0 Å². The van der Waals surface area contributed by atoms with Crippen molar-refractivity contribution in [2.75, 3.05) is 12.4 Å². The molecule has 0 saturated heterocycles. The van der Waals surface area contributed by atoms with Crippen LogP contribution in [0.25, 0.3) is 6.08 Å². The fraction of sp³-hybridized carbons (Fsp3) is 0.120. The number of benzene rings is 3. The molecule has 1 amide bonds. The van der Waals surface area contributed by atoms with E-state index in [2.05, 4.69) is 21.2 Å². The molecule has 0 atom stereocenters. The molecule has 0 aliphatic rings. The van der Waals surface area contributed by atoms with Crippen LogP contribution in [0.3, 0.4) is 0 Å². The van der Waals surface area contributed by atoms with Crippen LogP contribution in [0.4, 0.5) is 5.69 Å². The quantitative estimate of drug-likeness (QED) is 0.252. The number of amides is 1. The molecule has 0 spiro atoms. The highest BCUT2D eigenvalue weighted by molar-refractivity contribution is 9.10. The summed E-state index contributed by atoms with van der Waals surface area (Å²) in [5, 5.41) is 12.7. The lowest BCUT2D eigenvalue weighted by Gasteiger charge is -2.13. The van der Waals surface area contributed by atoms with Crippen LogP contribution in [-0.4, -0.2) is 13.0 Å². The van der Waals surface area contributed by atoms with E-state index in [0.717, 1.165) is 5.56 Å². The summed E-state index contributed by atoms with van der Waals surface area (Å²) in [5.74, 6) is 0.371. The summed E-state index contributed by atoms with van der Waals surface area (Å²) in [5.41, 5.74) is 2.95. The Bertz CT molecular complexity index is 1250. The van der Waals surface area contributed by atoms with Crippen molar-refractivity contribution in [2.45, 2.75) is 13.5 Å². The third kappa shape index (κ3) is 6.29. The van der Waals surface area contributed by atoms with E-state index in [1.54, 1.807) is 30.3 Å². The molecule has 0 radical (unpaired) electrons. The van der Waals surface area contributed by atoms with Crippen molar-refractivity contribution >= 4 is 56.8 Å². The van der Waals surface area contributed by atoms with E-state index >= 15 is 0 Å². The van der Waals surface area contributed by atoms with Gasteiger partial charge in [0.2, 0.25) is 0 Å². The molecule has 0 aliphatic heterocycles. The molecule has 0 saturated carbocycles. The summed E-state index contributed by atoms with van der Waals surface area (Å²) in [6.45, 7) is 2.39. The van der Waals surface area contributed by atoms with Crippen molar-refractivity contribution in [1.82, 2.24) is 0 Å². The Balaban J connectivity index is 1.83. The molecule has 168 valence electrons. The zero-order chi connectivity index (χ0) is 24.0.